The summed E-state index contributed by atoms with van der Waals surface area (Å²) in [5.41, 5.74) is 3.41. The molecule has 3 nitrogen and oxygen atoms in total. The van der Waals surface area contributed by atoms with Crippen molar-refractivity contribution in [1.29, 1.82) is 0 Å². The molecule has 1 N–H and O–H groups in total. The van der Waals surface area contributed by atoms with Crippen LogP contribution in [0.1, 0.15) is 44.7 Å². The first-order valence-corrected chi connectivity index (χ1v) is 10.5. The van der Waals surface area contributed by atoms with Crippen LogP contribution in [0.2, 0.25) is 0 Å². The summed E-state index contributed by atoms with van der Waals surface area (Å²) in [7, 11) is 0. The van der Waals surface area contributed by atoms with Gasteiger partial charge in [0.05, 0.1) is 5.69 Å². The molecule has 2 atom stereocenters. The molecule has 0 radical (unpaired) electrons. The Morgan fingerprint density at radius 1 is 1.14 bits per heavy atom. The van der Waals surface area contributed by atoms with Crippen LogP contribution < -0.4 is 0 Å². The minimum Gasteiger partial charge on any atom is -0.507 e. The third kappa shape index (κ3) is 4.79. The van der Waals surface area contributed by atoms with Gasteiger partial charge in [0.25, 0.3) is 0 Å². The summed E-state index contributed by atoms with van der Waals surface area (Å²) in [4.78, 5) is 17.3. The maximum absolute atomic E-state index is 12.8. The van der Waals surface area contributed by atoms with Crippen LogP contribution in [0.4, 0.5) is 5.69 Å². The number of carbonyl (C=O) groups is 1. The maximum atomic E-state index is 12.8. The number of aromatic hydroxyl groups is 1. The van der Waals surface area contributed by atoms with Gasteiger partial charge in [-0.3, -0.25) is 9.79 Å². The van der Waals surface area contributed by atoms with Crippen LogP contribution in [0.25, 0.3) is 6.08 Å². The standard InChI is InChI=1S/C24H26BrNO2/c1-15(2)21-10-4-16(3)22(24(21)28)12-17-5-8-20(9-6-17)26-14-18-13-19(25)7-11-23(18)27/h5-9,11-16,21,27H,4,10H2,1-3H3. The molecule has 0 aliphatic heterocycles. The fourth-order valence-corrected chi connectivity index (χ4v) is 4.01. The Hall–Kier alpha value is -2.20. The van der Waals surface area contributed by atoms with Gasteiger partial charge < -0.3 is 5.11 Å². The highest BCUT2D eigenvalue weighted by Gasteiger charge is 2.32. The number of halogens is 1. The zero-order valence-corrected chi connectivity index (χ0v) is 18.1. The Kier molecular flexibility index (Phi) is 6.50. The molecule has 0 saturated heterocycles. The van der Waals surface area contributed by atoms with Crippen molar-refractivity contribution < 1.29 is 9.90 Å². The Balaban J connectivity index is 1.78. The predicted molar refractivity (Wildman–Crippen MR) is 119 cm³/mol. The second kappa shape index (κ2) is 8.87. The Labute approximate surface area is 175 Å². The molecule has 0 heterocycles. The van der Waals surface area contributed by atoms with Gasteiger partial charge in [-0.25, -0.2) is 0 Å². The van der Waals surface area contributed by atoms with Gasteiger partial charge in [-0.2, -0.15) is 0 Å². The van der Waals surface area contributed by atoms with E-state index in [-0.39, 0.29) is 11.7 Å². The van der Waals surface area contributed by atoms with Crippen molar-refractivity contribution in [2.75, 3.05) is 0 Å². The molecular formula is C24H26BrNO2. The first-order chi connectivity index (χ1) is 13.3. The number of phenolic OH excluding ortho intramolecular Hbond substituents is 1. The van der Waals surface area contributed by atoms with Crippen LogP contribution in [0.3, 0.4) is 0 Å². The fraction of sp³-hybridized carbons (Fsp3) is 0.333. The van der Waals surface area contributed by atoms with Crippen molar-refractivity contribution in [2.45, 2.75) is 33.6 Å². The van der Waals surface area contributed by atoms with E-state index in [4.69, 9.17) is 0 Å². The number of ketones is 1. The highest BCUT2D eigenvalue weighted by Crippen LogP contribution is 2.35. The summed E-state index contributed by atoms with van der Waals surface area (Å²) in [5, 5.41) is 9.90. The lowest BCUT2D eigenvalue weighted by Gasteiger charge is -2.30. The number of phenols is 1. The Bertz CT molecular complexity index is 913. The molecule has 1 saturated carbocycles. The average molecular weight is 440 g/mol. The second-order valence-corrected chi connectivity index (χ2v) is 8.76. The van der Waals surface area contributed by atoms with E-state index in [1.165, 1.54) is 0 Å². The summed E-state index contributed by atoms with van der Waals surface area (Å²) in [6.45, 7) is 6.40. The number of Topliss-reactive ketones (excluding diaryl/α,β-unsaturated/α-hetero) is 1. The molecule has 0 aromatic heterocycles. The molecular weight excluding hydrogens is 414 g/mol. The third-order valence-corrected chi connectivity index (χ3v) is 5.92. The summed E-state index contributed by atoms with van der Waals surface area (Å²) < 4.78 is 0.889. The predicted octanol–water partition coefficient (Wildman–Crippen LogP) is 6.56. The zero-order chi connectivity index (χ0) is 20.3. The van der Waals surface area contributed by atoms with Crippen molar-refractivity contribution in [3.05, 3.63) is 63.6 Å². The van der Waals surface area contributed by atoms with Crippen LogP contribution in [-0.4, -0.2) is 17.1 Å². The average Bonchev–Trinajstić information content (AvgIpc) is 2.66. The molecule has 0 bridgehead atoms. The highest BCUT2D eigenvalue weighted by molar-refractivity contribution is 9.10. The van der Waals surface area contributed by atoms with Gasteiger partial charge in [0.2, 0.25) is 0 Å². The highest BCUT2D eigenvalue weighted by atomic mass is 79.9. The normalized spacial score (nSPS) is 21.8. The van der Waals surface area contributed by atoms with Gasteiger partial charge in [0.15, 0.2) is 5.78 Å². The van der Waals surface area contributed by atoms with Gasteiger partial charge in [-0.15, -0.1) is 0 Å². The number of benzene rings is 2. The van der Waals surface area contributed by atoms with Crippen LogP contribution in [-0.2, 0) is 4.79 Å². The van der Waals surface area contributed by atoms with E-state index in [0.717, 1.165) is 34.1 Å². The molecule has 2 unspecified atom stereocenters. The van der Waals surface area contributed by atoms with Gasteiger partial charge in [0, 0.05) is 22.2 Å². The lowest BCUT2D eigenvalue weighted by molar-refractivity contribution is -0.122. The van der Waals surface area contributed by atoms with Crippen molar-refractivity contribution in [1.82, 2.24) is 0 Å². The molecule has 0 spiro atoms. The van der Waals surface area contributed by atoms with Gasteiger partial charge >= 0.3 is 0 Å². The molecule has 1 fully saturated rings. The monoisotopic (exact) mass is 439 g/mol. The van der Waals surface area contributed by atoms with Crippen LogP contribution in [0, 0.1) is 17.8 Å². The molecule has 2 aromatic rings. The largest absolute Gasteiger partial charge is 0.507 e. The van der Waals surface area contributed by atoms with Crippen molar-refractivity contribution in [3.8, 4) is 5.75 Å². The second-order valence-electron chi connectivity index (χ2n) is 7.85. The first-order valence-electron chi connectivity index (χ1n) is 9.73. The SMILES string of the molecule is CC1CCC(C(C)C)C(=O)C1=Cc1ccc(N=Cc2cc(Br)ccc2O)cc1. The summed E-state index contributed by atoms with van der Waals surface area (Å²) in [6.07, 6.45) is 5.74. The fourth-order valence-electron chi connectivity index (χ4n) is 3.63. The Morgan fingerprint density at radius 3 is 2.54 bits per heavy atom. The van der Waals surface area contributed by atoms with E-state index in [9.17, 15) is 9.90 Å². The van der Waals surface area contributed by atoms with Gasteiger partial charge in [0.1, 0.15) is 5.75 Å². The van der Waals surface area contributed by atoms with Gasteiger partial charge in [-0.05, 0) is 72.2 Å². The molecule has 1 aliphatic rings. The Morgan fingerprint density at radius 2 is 1.86 bits per heavy atom. The van der Waals surface area contributed by atoms with Crippen LogP contribution in [0.15, 0.2) is 57.5 Å². The molecule has 0 amide bonds. The van der Waals surface area contributed by atoms with Gasteiger partial charge in [-0.1, -0.05) is 48.8 Å². The smallest absolute Gasteiger partial charge is 0.162 e. The number of hydrogen-bond donors (Lipinski definition) is 1. The van der Waals surface area contributed by atoms with E-state index in [0.29, 0.717) is 23.2 Å². The maximum Gasteiger partial charge on any atom is 0.162 e. The molecule has 2 aromatic carbocycles. The molecule has 4 heteroatoms. The molecule has 28 heavy (non-hydrogen) atoms. The number of allylic oxidation sites excluding steroid dienone is 1. The number of rotatable bonds is 4. The first kappa shape index (κ1) is 20.5. The minimum absolute atomic E-state index is 0.143. The van der Waals surface area contributed by atoms with Crippen molar-refractivity contribution in [2.24, 2.45) is 22.7 Å². The number of hydrogen-bond acceptors (Lipinski definition) is 3. The lowest BCUT2D eigenvalue weighted by Crippen LogP contribution is -2.30. The molecule has 146 valence electrons. The lowest BCUT2D eigenvalue weighted by atomic mass is 9.73. The van der Waals surface area contributed by atoms with E-state index in [2.05, 4.69) is 41.7 Å². The zero-order valence-electron chi connectivity index (χ0n) is 16.5. The quantitative estimate of drug-likeness (QED) is 0.432. The van der Waals surface area contributed by atoms with Crippen molar-refractivity contribution in [3.63, 3.8) is 0 Å². The van der Waals surface area contributed by atoms with E-state index < -0.39 is 0 Å². The summed E-state index contributed by atoms with van der Waals surface area (Å²) in [6, 6.07) is 13.1. The van der Waals surface area contributed by atoms with E-state index >= 15 is 0 Å². The van der Waals surface area contributed by atoms with Crippen LogP contribution in [0.5, 0.6) is 5.75 Å². The number of aliphatic imine (C=N–C) groups is 1. The van der Waals surface area contributed by atoms with Crippen molar-refractivity contribution >= 4 is 39.7 Å². The molecule has 1 aliphatic carbocycles. The van der Waals surface area contributed by atoms with E-state index in [1.54, 1.807) is 18.3 Å². The van der Waals surface area contributed by atoms with Crippen LogP contribution >= 0.6 is 15.9 Å². The third-order valence-electron chi connectivity index (χ3n) is 5.43. The van der Waals surface area contributed by atoms with E-state index in [1.807, 2.05) is 36.4 Å². The summed E-state index contributed by atoms with van der Waals surface area (Å²) in [5.74, 6) is 1.33. The number of carbonyl (C=O) groups excluding carboxylic acids is 1. The molecule has 3 rings (SSSR count). The minimum atomic E-state index is 0.143. The summed E-state index contributed by atoms with van der Waals surface area (Å²) >= 11 is 3.40. The number of nitrogens with zero attached hydrogens (tertiary/aromatic N) is 1. The topological polar surface area (TPSA) is 49.7 Å².